The van der Waals surface area contributed by atoms with Gasteiger partial charge in [-0.05, 0) is 48.5 Å². The molecule has 0 unspecified atom stereocenters. The van der Waals surface area contributed by atoms with Crippen LogP contribution in [0.5, 0.6) is 0 Å². The number of esters is 4. The number of carboxylic acids is 1. The third-order valence-electron chi connectivity index (χ3n) is 3.16. The van der Waals surface area contributed by atoms with Crippen molar-refractivity contribution in [3.63, 3.8) is 0 Å². The number of carboxylic acid groups (broad SMARTS) is 1. The summed E-state index contributed by atoms with van der Waals surface area (Å²) >= 11 is 0. The molecule has 0 bridgehead atoms. The van der Waals surface area contributed by atoms with Crippen LogP contribution in [0.15, 0.2) is 0 Å². The summed E-state index contributed by atoms with van der Waals surface area (Å²) in [7, 11) is 12.2. The third kappa shape index (κ3) is 336. The summed E-state index contributed by atoms with van der Waals surface area (Å²) in [6.45, 7) is 48.3. The minimum Gasteiger partial charge on any atom is -0.481 e. The van der Waals surface area contributed by atoms with Crippen LogP contribution >= 0.6 is 0 Å². The molecular formula is C53H142O18. The topological polar surface area (TPSA) is 249 Å². The molecule has 0 radical (unpaired) electrons. The van der Waals surface area contributed by atoms with Crippen molar-refractivity contribution in [2.24, 2.45) is 10.8 Å². The second-order valence-corrected chi connectivity index (χ2v) is 9.40. The molecular weight excluding hydrogens is 925 g/mol. The summed E-state index contributed by atoms with van der Waals surface area (Å²) < 4.78 is 39.3. The molecule has 0 saturated carbocycles. The number of aliphatic hydroxyl groups excluding tert-OH is 3. The Labute approximate surface area is 448 Å². The Bertz CT molecular complexity index is 639. The lowest BCUT2D eigenvalue weighted by atomic mass is 9.98. The Kier molecular flexibility index (Phi) is 407. The number of carbonyl (C=O) groups excluding carboxylic acids is 4. The first-order valence-corrected chi connectivity index (χ1v) is 22.4. The Morgan fingerprint density at radius 3 is 0.592 bits per heavy atom. The van der Waals surface area contributed by atoms with Crippen molar-refractivity contribution < 1.29 is 87.0 Å². The molecule has 0 fully saturated rings. The van der Waals surface area contributed by atoms with Crippen molar-refractivity contribution in [3.8, 4) is 0 Å². The highest BCUT2D eigenvalue weighted by atomic mass is 16.7. The molecule has 462 valence electrons. The van der Waals surface area contributed by atoms with E-state index >= 15 is 0 Å². The minimum absolute atomic E-state index is 0. The van der Waals surface area contributed by atoms with Crippen molar-refractivity contribution >= 4 is 29.8 Å². The van der Waals surface area contributed by atoms with Crippen molar-refractivity contribution in [1.82, 2.24) is 0 Å². The highest BCUT2D eigenvalue weighted by Crippen LogP contribution is 2.14. The maximum Gasteiger partial charge on any atom is 0.331 e. The van der Waals surface area contributed by atoms with Crippen LogP contribution in [0.1, 0.15) is 218 Å². The zero-order valence-electron chi connectivity index (χ0n) is 49.2. The number of carbonyl (C=O) groups is 5. The first-order chi connectivity index (χ1) is 30.7. The van der Waals surface area contributed by atoms with Crippen LogP contribution < -0.4 is 0 Å². The van der Waals surface area contributed by atoms with Gasteiger partial charge in [-0.15, -0.1) is 0 Å². The van der Waals surface area contributed by atoms with Gasteiger partial charge in [0, 0.05) is 49.3 Å². The van der Waals surface area contributed by atoms with Crippen LogP contribution in [0.3, 0.4) is 0 Å². The summed E-state index contributed by atoms with van der Waals surface area (Å²) in [5.41, 5.74) is -1.02. The first-order valence-electron chi connectivity index (χ1n) is 22.4. The van der Waals surface area contributed by atoms with E-state index in [9.17, 15) is 24.0 Å². The van der Waals surface area contributed by atoms with Gasteiger partial charge in [-0.25, -0.2) is 14.4 Å². The molecule has 0 aliphatic rings. The number of hydrogen-bond acceptors (Lipinski definition) is 17. The van der Waals surface area contributed by atoms with Crippen LogP contribution in [0, 0.1) is 10.8 Å². The molecule has 0 spiro atoms. The molecule has 0 aromatic rings. The zero-order chi connectivity index (χ0) is 57.5. The molecule has 0 aromatic heterocycles. The van der Waals surface area contributed by atoms with Crippen LogP contribution in [0.2, 0.25) is 0 Å². The van der Waals surface area contributed by atoms with E-state index < -0.39 is 16.8 Å². The number of aliphatic hydroxyl groups is 3. The summed E-state index contributed by atoms with van der Waals surface area (Å²) in [5.74, 6) is -2.03. The van der Waals surface area contributed by atoms with E-state index in [-0.39, 0.29) is 108 Å². The van der Waals surface area contributed by atoms with E-state index in [1.165, 1.54) is 56.9 Å². The predicted molar refractivity (Wildman–Crippen MR) is 314 cm³/mol. The van der Waals surface area contributed by atoms with Gasteiger partial charge in [-0.3, -0.25) is 9.59 Å². The molecule has 0 rings (SSSR count). The third-order valence-corrected chi connectivity index (χ3v) is 3.16. The highest BCUT2D eigenvalue weighted by Gasteiger charge is 2.22. The van der Waals surface area contributed by atoms with Crippen molar-refractivity contribution in [2.75, 3.05) is 104 Å². The fraction of sp³-hybridized carbons (Fsp3) is 0.906. The van der Waals surface area contributed by atoms with Crippen molar-refractivity contribution in [1.29, 1.82) is 0 Å². The Balaban J connectivity index is -0.0000000170. The smallest absolute Gasteiger partial charge is 0.331 e. The molecule has 0 saturated heterocycles. The number of rotatable bonds is 9. The Hall–Kier alpha value is -2.97. The molecule has 0 amide bonds. The van der Waals surface area contributed by atoms with Gasteiger partial charge in [-0.1, -0.05) is 169 Å². The molecule has 4 N–H and O–H groups in total. The first kappa shape index (κ1) is 151. The average molecular weight is 1070 g/mol. The van der Waals surface area contributed by atoms with Gasteiger partial charge in [0.15, 0.2) is 6.79 Å². The molecule has 0 aliphatic heterocycles. The quantitative estimate of drug-likeness (QED) is 0.0951. The monoisotopic (exact) mass is 1070 g/mol. The molecule has 18 nitrogen and oxygen atoms in total. The number of hydrogen-bond donors (Lipinski definition) is 4. The Morgan fingerprint density at radius 2 is 0.535 bits per heavy atom. The van der Waals surface area contributed by atoms with E-state index in [1.807, 2.05) is 125 Å². The average Bonchev–Trinajstić information content (AvgIpc) is 3.35. The Morgan fingerprint density at radius 1 is 0.380 bits per heavy atom. The number of ether oxygens (including phenoxy) is 9. The molecule has 0 aromatic carbocycles. The fourth-order valence-corrected chi connectivity index (χ4v) is 0.859. The lowest BCUT2D eigenvalue weighted by molar-refractivity contribution is -0.163. The zero-order valence-corrected chi connectivity index (χ0v) is 49.2. The lowest BCUT2D eigenvalue weighted by Crippen LogP contribution is -2.23. The van der Waals surface area contributed by atoms with Gasteiger partial charge in [0.25, 0.3) is 0 Å². The van der Waals surface area contributed by atoms with Gasteiger partial charge in [0.2, 0.25) is 0 Å². The van der Waals surface area contributed by atoms with Gasteiger partial charge in [0.1, 0.15) is 26.6 Å². The van der Waals surface area contributed by atoms with Gasteiger partial charge in [0.05, 0.1) is 32.2 Å². The van der Waals surface area contributed by atoms with Crippen molar-refractivity contribution in [2.45, 2.75) is 218 Å². The SMILES string of the molecule is C.C.C.C.C.C.CC.CC.CC.CC.CC.CC.CC.CC.CC.CC(C)(C)C(=O)O.CCO.CO.COCC(=O)OC.COCC(=O)OC.COCC(=O)OC.COCO.COCOC(=O)C(C)(C)C. The summed E-state index contributed by atoms with van der Waals surface area (Å²) in [6, 6.07) is 0. The number of aliphatic carboxylic acids is 1. The van der Waals surface area contributed by atoms with E-state index in [1.54, 1.807) is 48.5 Å². The van der Waals surface area contributed by atoms with Crippen LogP contribution in [-0.2, 0) is 66.6 Å². The summed E-state index contributed by atoms with van der Waals surface area (Å²) in [4.78, 5) is 51.1. The summed E-state index contributed by atoms with van der Waals surface area (Å²) in [5, 5.41) is 30.5. The number of methoxy groups -OCH3 is 8. The predicted octanol–water partition coefficient (Wildman–Crippen LogP) is 14.0. The van der Waals surface area contributed by atoms with Crippen LogP contribution in [0.25, 0.3) is 0 Å². The lowest BCUT2D eigenvalue weighted by Gasteiger charge is -2.15. The summed E-state index contributed by atoms with van der Waals surface area (Å²) in [6.07, 6.45) is 0. The standard InChI is InChI=1S/C7H14O3.C5H10O2.3C4H8O3.C2H6O2.C2H6O.9C2H6.CH4O.6CH4/c1-7(2,3)6(8)10-5-9-4;1-5(2,3)4(6)7;3*1-6-3-4(5)7-2;1-4-2-3;1-2-3;10*1-2;;;;;;/h5H2,1-4H3;1-3H3,(H,6,7);3*3H2,1-2H3;3H,2H2,1H3;3H,2H2,1H3;9*1-2H3;2H,1H3;6*1H4. The van der Waals surface area contributed by atoms with Gasteiger partial charge in [-0.2, -0.15) is 0 Å². The fourth-order valence-electron chi connectivity index (χ4n) is 0.859. The molecule has 0 atom stereocenters. The van der Waals surface area contributed by atoms with Crippen LogP contribution in [-0.4, -0.2) is 154 Å². The normalized spacial score (nSPS) is 6.66. The second kappa shape index (κ2) is 192. The molecule has 18 heteroatoms. The maximum absolute atomic E-state index is 10.9. The van der Waals surface area contributed by atoms with E-state index in [4.69, 9.17) is 25.2 Å². The van der Waals surface area contributed by atoms with E-state index in [0.29, 0.717) is 0 Å². The van der Waals surface area contributed by atoms with Crippen molar-refractivity contribution in [3.05, 3.63) is 0 Å². The highest BCUT2D eigenvalue weighted by molar-refractivity contribution is 5.75. The molecule has 0 heterocycles. The maximum atomic E-state index is 10.9. The largest absolute Gasteiger partial charge is 0.481 e. The van der Waals surface area contributed by atoms with Gasteiger partial charge >= 0.3 is 29.8 Å². The van der Waals surface area contributed by atoms with E-state index in [2.05, 4.69) is 37.9 Å². The van der Waals surface area contributed by atoms with Gasteiger partial charge < -0.3 is 63.1 Å². The molecule has 0 aliphatic carbocycles. The second-order valence-electron chi connectivity index (χ2n) is 9.40. The van der Waals surface area contributed by atoms with E-state index in [0.717, 1.165) is 7.11 Å². The molecule has 71 heavy (non-hydrogen) atoms. The minimum atomic E-state index is -0.757. The van der Waals surface area contributed by atoms with Crippen LogP contribution in [0.4, 0.5) is 0 Å².